The van der Waals surface area contributed by atoms with Crippen LogP contribution in [-0.2, 0) is 0 Å². The SMILES string of the molecule is COc1cc2nccc(Sc3ccc(N)s3)c2cc1C(N)=O. The van der Waals surface area contributed by atoms with Crippen LogP contribution in [0.5, 0.6) is 5.75 Å². The van der Waals surface area contributed by atoms with Crippen molar-refractivity contribution in [2.24, 2.45) is 5.73 Å². The maximum absolute atomic E-state index is 11.6. The number of carbonyl (C=O) groups is 1. The first-order chi connectivity index (χ1) is 10.6. The highest BCUT2D eigenvalue weighted by Gasteiger charge is 2.14. The molecular formula is C15H13N3O2S2. The van der Waals surface area contributed by atoms with Gasteiger partial charge in [-0.25, -0.2) is 0 Å². The van der Waals surface area contributed by atoms with Gasteiger partial charge in [-0.05, 0) is 24.3 Å². The molecule has 112 valence electrons. The van der Waals surface area contributed by atoms with Crippen molar-refractivity contribution in [3.05, 3.63) is 42.1 Å². The lowest BCUT2D eigenvalue weighted by Gasteiger charge is -2.10. The van der Waals surface area contributed by atoms with Crippen molar-refractivity contribution in [1.29, 1.82) is 0 Å². The van der Waals surface area contributed by atoms with Gasteiger partial charge in [0.15, 0.2) is 0 Å². The Morgan fingerprint density at radius 2 is 2.14 bits per heavy atom. The van der Waals surface area contributed by atoms with Crippen molar-refractivity contribution in [2.45, 2.75) is 9.10 Å². The summed E-state index contributed by atoms with van der Waals surface area (Å²) < 4.78 is 6.28. The van der Waals surface area contributed by atoms with Gasteiger partial charge in [0, 0.05) is 22.5 Å². The molecule has 22 heavy (non-hydrogen) atoms. The van der Waals surface area contributed by atoms with Gasteiger partial charge in [0.25, 0.3) is 5.91 Å². The Kier molecular flexibility index (Phi) is 3.91. The Hall–Kier alpha value is -2.25. The fourth-order valence-corrected chi connectivity index (χ4v) is 4.08. The van der Waals surface area contributed by atoms with Crippen LogP contribution >= 0.6 is 23.1 Å². The molecular weight excluding hydrogens is 318 g/mol. The summed E-state index contributed by atoms with van der Waals surface area (Å²) in [7, 11) is 1.50. The van der Waals surface area contributed by atoms with E-state index in [0.717, 1.165) is 25.0 Å². The van der Waals surface area contributed by atoms with E-state index in [1.165, 1.54) is 18.4 Å². The molecule has 0 aliphatic carbocycles. The van der Waals surface area contributed by atoms with Crippen molar-refractivity contribution < 1.29 is 9.53 Å². The van der Waals surface area contributed by atoms with Crippen LogP contribution in [0.2, 0.25) is 0 Å². The quantitative estimate of drug-likeness (QED) is 0.766. The minimum Gasteiger partial charge on any atom is -0.496 e. The van der Waals surface area contributed by atoms with Gasteiger partial charge in [-0.1, -0.05) is 11.8 Å². The van der Waals surface area contributed by atoms with Crippen LogP contribution in [0.25, 0.3) is 10.9 Å². The van der Waals surface area contributed by atoms with E-state index in [2.05, 4.69) is 4.98 Å². The Balaban J connectivity index is 2.14. The second kappa shape index (κ2) is 5.86. The molecule has 2 heterocycles. The smallest absolute Gasteiger partial charge is 0.252 e. The van der Waals surface area contributed by atoms with Crippen molar-refractivity contribution in [1.82, 2.24) is 4.98 Å². The fraction of sp³-hybridized carbons (Fsp3) is 0.0667. The molecule has 5 nitrogen and oxygen atoms in total. The molecule has 1 amide bonds. The number of rotatable bonds is 4. The molecule has 0 aliphatic heterocycles. The molecule has 0 atom stereocenters. The number of anilines is 1. The Morgan fingerprint density at radius 3 is 2.77 bits per heavy atom. The van der Waals surface area contributed by atoms with E-state index in [1.807, 2.05) is 18.2 Å². The molecule has 0 unspecified atom stereocenters. The molecule has 0 fully saturated rings. The summed E-state index contributed by atoms with van der Waals surface area (Å²) in [4.78, 5) is 16.9. The summed E-state index contributed by atoms with van der Waals surface area (Å²) >= 11 is 3.09. The second-order valence-electron chi connectivity index (χ2n) is 4.50. The first-order valence-electron chi connectivity index (χ1n) is 6.38. The molecule has 3 aromatic rings. The lowest BCUT2D eigenvalue weighted by molar-refractivity contribution is 0.0997. The monoisotopic (exact) mass is 331 g/mol. The maximum atomic E-state index is 11.6. The second-order valence-corrected chi connectivity index (χ2v) is 6.96. The number of hydrogen-bond acceptors (Lipinski definition) is 6. The van der Waals surface area contributed by atoms with Crippen molar-refractivity contribution >= 4 is 44.9 Å². The van der Waals surface area contributed by atoms with E-state index in [9.17, 15) is 4.79 Å². The predicted octanol–water partition coefficient (Wildman–Crippen LogP) is 3.14. The van der Waals surface area contributed by atoms with Crippen LogP contribution in [0.15, 0.2) is 45.6 Å². The molecule has 3 rings (SSSR count). The normalized spacial score (nSPS) is 10.8. The first kappa shape index (κ1) is 14.7. The third kappa shape index (κ3) is 2.72. The summed E-state index contributed by atoms with van der Waals surface area (Å²) in [5, 5.41) is 1.62. The van der Waals surface area contributed by atoms with E-state index in [0.29, 0.717) is 11.3 Å². The highest BCUT2D eigenvalue weighted by molar-refractivity contribution is 8.01. The van der Waals surface area contributed by atoms with Gasteiger partial charge in [-0.2, -0.15) is 0 Å². The first-order valence-corrected chi connectivity index (χ1v) is 8.01. The van der Waals surface area contributed by atoms with Crippen molar-refractivity contribution in [3.63, 3.8) is 0 Å². The third-order valence-corrected chi connectivity index (χ3v) is 5.22. The summed E-state index contributed by atoms with van der Waals surface area (Å²) in [5.74, 6) is -0.103. The average molecular weight is 331 g/mol. The van der Waals surface area contributed by atoms with Crippen LogP contribution in [0.1, 0.15) is 10.4 Å². The number of hydrogen-bond donors (Lipinski definition) is 2. The lowest BCUT2D eigenvalue weighted by Crippen LogP contribution is -2.12. The highest BCUT2D eigenvalue weighted by Crippen LogP contribution is 2.38. The molecule has 0 saturated heterocycles. The predicted molar refractivity (Wildman–Crippen MR) is 89.7 cm³/mol. The Bertz CT molecular complexity index is 861. The van der Waals surface area contributed by atoms with Gasteiger partial charge in [-0.3, -0.25) is 9.78 Å². The van der Waals surface area contributed by atoms with E-state index in [-0.39, 0.29) is 0 Å². The van der Waals surface area contributed by atoms with Crippen LogP contribution in [0.4, 0.5) is 5.00 Å². The molecule has 0 spiro atoms. The summed E-state index contributed by atoms with van der Waals surface area (Å²) in [6.07, 6.45) is 1.73. The van der Waals surface area contributed by atoms with Gasteiger partial charge in [0.1, 0.15) is 5.75 Å². The topological polar surface area (TPSA) is 91.2 Å². The lowest BCUT2D eigenvalue weighted by atomic mass is 10.1. The van der Waals surface area contributed by atoms with Gasteiger partial charge < -0.3 is 16.2 Å². The van der Waals surface area contributed by atoms with Crippen LogP contribution in [0, 0.1) is 0 Å². The van der Waals surface area contributed by atoms with Gasteiger partial charge >= 0.3 is 0 Å². The fourth-order valence-electron chi connectivity index (χ4n) is 2.10. The number of nitrogens with zero attached hydrogens (tertiary/aromatic N) is 1. The number of primary amides is 1. The molecule has 1 aromatic carbocycles. The zero-order valence-corrected chi connectivity index (χ0v) is 13.3. The molecule has 0 radical (unpaired) electrons. The summed E-state index contributed by atoms with van der Waals surface area (Å²) in [6.45, 7) is 0. The molecule has 4 N–H and O–H groups in total. The largest absolute Gasteiger partial charge is 0.496 e. The van der Waals surface area contributed by atoms with Gasteiger partial charge in [0.05, 0.1) is 27.4 Å². The minimum absolute atomic E-state index is 0.343. The number of fused-ring (bicyclic) bond motifs is 1. The zero-order valence-electron chi connectivity index (χ0n) is 11.7. The van der Waals surface area contributed by atoms with E-state index in [1.54, 1.807) is 30.1 Å². The standard InChI is InChI=1S/C15H13N3O2S2/c1-20-11-7-10-8(6-9(11)15(17)19)12(4-5-18-10)21-14-3-2-13(16)22-14/h2-7H,16H2,1H3,(H2,17,19). The number of pyridine rings is 1. The van der Waals surface area contributed by atoms with E-state index >= 15 is 0 Å². The van der Waals surface area contributed by atoms with Crippen LogP contribution in [0.3, 0.4) is 0 Å². The third-order valence-electron chi connectivity index (χ3n) is 3.10. The summed E-state index contributed by atoms with van der Waals surface area (Å²) in [6, 6.07) is 9.19. The van der Waals surface area contributed by atoms with Gasteiger partial charge in [0.2, 0.25) is 0 Å². The Morgan fingerprint density at radius 1 is 1.32 bits per heavy atom. The minimum atomic E-state index is -0.529. The number of ether oxygens (including phenoxy) is 1. The number of benzene rings is 1. The molecule has 0 bridgehead atoms. The van der Waals surface area contributed by atoms with Crippen LogP contribution < -0.4 is 16.2 Å². The number of carbonyl (C=O) groups excluding carboxylic acids is 1. The average Bonchev–Trinajstić information content (AvgIpc) is 2.91. The number of nitrogen functional groups attached to an aromatic ring is 1. The number of thiophene rings is 1. The van der Waals surface area contributed by atoms with Crippen molar-refractivity contribution in [2.75, 3.05) is 12.8 Å². The zero-order chi connectivity index (χ0) is 15.7. The van der Waals surface area contributed by atoms with Gasteiger partial charge in [-0.15, -0.1) is 11.3 Å². The molecule has 0 aliphatic rings. The number of nitrogens with two attached hydrogens (primary N) is 2. The molecule has 7 heteroatoms. The van der Waals surface area contributed by atoms with E-state index in [4.69, 9.17) is 16.2 Å². The van der Waals surface area contributed by atoms with E-state index < -0.39 is 5.91 Å². The number of amides is 1. The van der Waals surface area contributed by atoms with Crippen molar-refractivity contribution in [3.8, 4) is 5.75 Å². The van der Waals surface area contributed by atoms with Crippen LogP contribution in [-0.4, -0.2) is 18.0 Å². The summed E-state index contributed by atoms with van der Waals surface area (Å²) in [5.41, 5.74) is 12.3. The number of aromatic nitrogens is 1. The molecule has 2 aromatic heterocycles. The highest BCUT2D eigenvalue weighted by atomic mass is 32.2. The maximum Gasteiger partial charge on any atom is 0.252 e. The Labute approximate surface area is 135 Å². The molecule has 0 saturated carbocycles. The number of methoxy groups -OCH3 is 1.